The SMILES string of the molecule is COc1ccc(CN)cc1COC1CCCC(OC)C1. The van der Waals surface area contributed by atoms with Gasteiger partial charge in [-0.3, -0.25) is 0 Å². The summed E-state index contributed by atoms with van der Waals surface area (Å²) in [7, 11) is 3.46. The summed E-state index contributed by atoms with van der Waals surface area (Å²) in [6.45, 7) is 1.10. The zero-order valence-corrected chi connectivity index (χ0v) is 12.4. The minimum Gasteiger partial charge on any atom is -0.496 e. The topological polar surface area (TPSA) is 53.7 Å². The average molecular weight is 279 g/mol. The second-order valence-electron chi connectivity index (χ2n) is 5.31. The first-order chi connectivity index (χ1) is 9.76. The van der Waals surface area contributed by atoms with E-state index < -0.39 is 0 Å². The number of hydrogen-bond acceptors (Lipinski definition) is 4. The molecule has 1 fully saturated rings. The highest BCUT2D eigenvalue weighted by atomic mass is 16.5. The third-order valence-electron chi connectivity index (χ3n) is 3.97. The molecule has 1 aromatic rings. The molecular formula is C16H25NO3. The van der Waals surface area contributed by atoms with Crippen LogP contribution in [0.5, 0.6) is 5.75 Å². The number of methoxy groups -OCH3 is 2. The highest BCUT2D eigenvalue weighted by Gasteiger charge is 2.22. The van der Waals surface area contributed by atoms with Crippen molar-refractivity contribution in [2.24, 2.45) is 5.73 Å². The molecule has 4 nitrogen and oxygen atoms in total. The smallest absolute Gasteiger partial charge is 0.124 e. The van der Waals surface area contributed by atoms with Crippen molar-refractivity contribution in [2.75, 3.05) is 14.2 Å². The predicted molar refractivity (Wildman–Crippen MR) is 78.7 cm³/mol. The first-order valence-electron chi connectivity index (χ1n) is 7.27. The molecule has 0 aliphatic heterocycles. The van der Waals surface area contributed by atoms with Gasteiger partial charge < -0.3 is 19.9 Å². The largest absolute Gasteiger partial charge is 0.496 e. The first kappa shape index (κ1) is 15.3. The Kier molecular flexibility index (Phi) is 5.83. The molecular weight excluding hydrogens is 254 g/mol. The van der Waals surface area contributed by atoms with Crippen LogP contribution in [0.4, 0.5) is 0 Å². The van der Waals surface area contributed by atoms with Crippen molar-refractivity contribution < 1.29 is 14.2 Å². The van der Waals surface area contributed by atoms with E-state index in [1.165, 1.54) is 6.42 Å². The van der Waals surface area contributed by atoms with Crippen LogP contribution in [-0.2, 0) is 22.6 Å². The molecule has 4 heteroatoms. The Morgan fingerprint density at radius 1 is 1.20 bits per heavy atom. The second kappa shape index (κ2) is 7.62. The molecule has 2 atom stereocenters. The van der Waals surface area contributed by atoms with Crippen molar-refractivity contribution in [3.8, 4) is 5.75 Å². The number of rotatable bonds is 6. The maximum Gasteiger partial charge on any atom is 0.124 e. The summed E-state index contributed by atoms with van der Waals surface area (Å²) < 4.78 is 16.9. The normalized spacial score (nSPS) is 22.8. The molecule has 2 N–H and O–H groups in total. The van der Waals surface area contributed by atoms with Crippen molar-refractivity contribution in [1.82, 2.24) is 0 Å². The molecule has 112 valence electrons. The Morgan fingerprint density at radius 2 is 2.00 bits per heavy atom. The standard InChI is InChI=1S/C16H25NO3/c1-18-14-4-3-5-15(9-14)20-11-13-8-12(10-17)6-7-16(13)19-2/h6-8,14-15H,3-5,9-11,17H2,1-2H3. The minimum atomic E-state index is 0.278. The van der Waals surface area contributed by atoms with Gasteiger partial charge in [0.05, 0.1) is 25.9 Å². The molecule has 1 saturated carbocycles. The molecule has 0 radical (unpaired) electrons. The summed E-state index contributed by atoms with van der Waals surface area (Å²) in [6.07, 6.45) is 5.02. The lowest BCUT2D eigenvalue weighted by atomic mass is 9.95. The highest BCUT2D eigenvalue weighted by Crippen LogP contribution is 2.26. The molecule has 1 aliphatic carbocycles. The lowest BCUT2D eigenvalue weighted by molar-refractivity contribution is -0.0367. The second-order valence-corrected chi connectivity index (χ2v) is 5.31. The summed E-state index contributed by atoms with van der Waals surface area (Å²) in [5.74, 6) is 0.862. The Hall–Kier alpha value is -1.10. The van der Waals surface area contributed by atoms with Gasteiger partial charge >= 0.3 is 0 Å². The van der Waals surface area contributed by atoms with Gasteiger partial charge in [-0.05, 0) is 43.4 Å². The summed E-state index contributed by atoms with van der Waals surface area (Å²) in [5, 5.41) is 0. The first-order valence-corrected chi connectivity index (χ1v) is 7.27. The fraction of sp³-hybridized carbons (Fsp3) is 0.625. The summed E-state index contributed by atoms with van der Waals surface area (Å²) in [4.78, 5) is 0. The average Bonchev–Trinajstić information content (AvgIpc) is 2.52. The molecule has 0 saturated heterocycles. The van der Waals surface area contributed by atoms with Crippen LogP contribution in [0, 0.1) is 0 Å². The quantitative estimate of drug-likeness (QED) is 0.869. The Labute approximate surface area is 121 Å². The fourth-order valence-corrected chi connectivity index (χ4v) is 2.75. The molecule has 0 amide bonds. The summed E-state index contributed by atoms with van der Waals surface area (Å²) >= 11 is 0. The predicted octanol–water partition coefficient (Wildman–Crippen LogP) is 2.63. The molecule has 0 heterocycles. The van der Waals surface area contributed by atoms with Crippen LogP contribution in [0.15, 0.2) is 18.2 Å². The van der Waals surface area contributed by atoms with Gasteiger partial charge in [0.1, 0.15) is 5.75 Å². The van der Waals surface area contributed by atoms with Crippen molar-refractivity contribution in [3.63, 3.8) is 0 Å². The van der Waals surface area contributed by atoms with Gasteiger partial charge in [-0.15, -0.1) is 0 Å². The van der Waals surface area contributed by atoms with E-state index in [0.717, 1.165) is 36.1 Å². The van der Waals surface area contributed by atoms with Gasteiger partial charge in [-0.25, -0.2) is 0 Å². The van der Waals surface area contributed by atoms with E-state index in [1.807, 2.05) is 12.1 Å². The van der Waals surface area contributed by atoms with Gasteiger partial charge in [0.2, 0.25) is 0 Å². The lowest BCUT2D eigenvalue weighted by Gasteiger charge is -2.28. The zero-order chi connectivity index (χ0) is 14.4. The molecule has 1 aromatic carbocycles. The van der Waals surface area contributed by atoms with Crippen molar-refractivity contribution in [3.05, 3.63) is 29.3 Å². The number of nitrogens with two attached hydrogens (primary N) is 1. The van der Waals surface area contributed by atoms with Gasteiger partial charge in [-0.1, -0.05) is 6.07 Å². The van der Waals surface area contributed by atoms with Crippen LogP contribution in [-0.4, -0.2) is 26.4 Å². The van der Waals surface area contributed by atoms with Crippen LogP contribution in [0.1, 0.15) is 36.8 Å². The minimum absolute atomic E-state index is 0.278. The van der Waals surface area contributed by atoms with E-state index in [2.05, 4.69) is 6.07 Å². The molecule has 0 bridgehead atoms. The van der Waals surface area contributed by atoms with E-state index in [0.29, 0.717) is 19.3 Å². The summed E-state index contributed by atoms with van der Waals surface area (Å²) in [5.41, 5.74) is 7.85. The Bertz CT molecular complexity index is 422. The summed E-state index contributed by atoms with van der Waals surface area (Å²) in [6, 6.07) is 6.01. The fourth-order valence-electron chi connectivity index (χ4n) is 2.75. The molecule has 1 aliphatic rings. The Balaban J connectivity index is 1.95. The molecule has 0 spiro atoms. The van der Waals surface area contributed by atoms with Crippen molar-refractivity contribution in [2.45, 2.75) is 51.0 Å². The van der Waals surface area contributed by atoms with Crippen LogP contribution in [0.2, 0.25) is 0 Å². The van der Waals surface area contributed by atoms with Crippen LogP contribution >= 0.6 is 0 Å². The monoisotopic (exact) mass is 279 g/mol. The van der Waals surface area contributed by atoms with Gasteiger partial charge in [-0.2, -0.15) is 0 Å². The van der Waals surface area contributed by atoms with E-state index in [1.54, 1.807) is 14.2 Å². The third kappa shape index (κ3) is 3.95. The number of benzene rings is 1. The van der Waals surface area contributed by atoms with Crippen LogP contribution in [0.25, 0.3) is 0 Å². The number of hydrogen-bond donors (Lipinski definition) is 1. The van der Waals surface area contributed by atoms with E-state index >= 15 is 0 Å². The maximum atomic E-state index is 6.04. The third-order valence-corrected chi connectivity index (χ3v) is 3.97. The molecule has 2 rings (SSSR count). The van der Waals surface area contributed by atoms with Gasteiger partial charge in [0.15, 0.2) is 0 Å². The van der Waals surface area contributed by atoms with E-state index in [4.69, 9.17) is 19.9 Å². The van der Waals surface area contributed by atoms with E-state index in [9.17, 15) is 0 Å². The van der Waals surface area contributed by atoms with E-state index in [-0.39, 0.29) is 6.10 Å². The van der Waals surface area contributed by atoms with Crippen LogP contribution < -0.4 is 10.5 Å². The maximum absolute atomic E-state index is 6.04. The van der Waals surface area contributed by atoms with Crippen molar-refractivity contribution >= 4 is 0 Å². The lowest BCUT2D eigenvalue weighted by Crippen LogP contribution is -2.27. The Morgan fingerprint density at radius 3 is 2.70 bits per heavy atom. The number of ether oxygens (including phenoxy) is 3. The highest BCUT2D eigenvalue weighted by molar-refractivity contribution is 5.36. The zero-order valence-electron chi connectivity index (χ0n) is 12.4. The van der Waals surface area contributed by atoms with Crippen molar-refractivity contribution in [1.29, 1.82) is 0 Å². The molecule has 20 heavy (non-hydrogen) atoms. The van der Waals surface area contributed by atoms with Crippen LogP contribution in [0.3, 0.4) is 0 Å². The van der Waals surface area contributed by atoms with Gasteiger partial charge in [0.25, 0.3) is 0 Å². The van der Waals surface area contributed by atoms with Gasteiger partial charge in [0, 0.05) is 19.2 Å². The molecule has 2 unspecified atom stereocenters. The molecule has 0 aromatic heterocycles.